The summed E-state index contributed by atoms with van der Waals surface area (Å²) in [4.78, 5) is 2.08. The Bertz CT molecular complexity index is 362. The minimum atomic E-state index is 0.740. The van der Waals surface area contributed by atoms with Crippen LogP contribution in [0.5, 0.6) is 0 Å². The Labute approximate surface area is 111 Å². The van der Waals surface area contributed by atoms with Crippen molar-refractivity contribution in [1.29, 1.82) is 0 Å². The van der Waals surface area contributed by atoms with Crippen molar-refractivity contribution in [1.82, 2.24) is 0 Å². The first kappa shape index (κ1) is 13.6. The van der Waals surface area contributed by atoms with E-state index in [1.807, 2.05) is 30.3 Å². The molecule has 86 valence electrons. The lowest BCUT2D eigenvalue weighted by Crippen LogP contribution is -2.26. The lowest BCUT2D eigenvalue weighted by molar-refractivity contribution is 1.08. The number of rotatable bonds is 4. The molecule has 0 atom stereocenters. The third-order valence-corrected chi connectivity index (χ3v) is 3.70. The molecule has 0 bridgehead atoms. The predicted molar refractivity (Wildman–Crippen MR) is 79.7 cm³/mol. The lowest BCUT2D eigenvalue weighted by atomic mass is 10.3. The van der Waals surface area contributed by atoms with Crippen molar-refractivity contribution in [3.8, 4) is 0 Å². The van der Waals surface area contributed by atoms with Crippen LogP contribution < -0.4 is 4.90 Å². The predicted octanol–water partition coefficient (Wildman–Crippen LogP) is 4.37. The Morgan fingerprint density at radius 3 is 2.62 bits per heavy atom. The number of hydrogen-bond acceptors (Lipinski definition) is 2. The monoisotopic (exact) mass is 271 g/mol. The van der Waals surface area contributed by atoms with Crippen molar-refractivity contribution >= 4 is 45.6 Å². The van der Waals surface area contributed by atoms with E-state index in [1.54, 1.807) is 11.8 Å². The van der Waals surface area contributed by atoms with Gasteiger partial charge in [-0.2, -0.15) is 0 Å². The highest BCUT2D eigenvalue weighted by atomic mass is 35.5. The van der Waals surface area contributed by atoms with Crippen LogP contribution in [0.1, 0.15) is 6.92 Å². The van der Waals surface area contributed by atoms with Crippen molar-refractivity contribution in [2.45, 2.75) is 6.92 Å². The second-order valence-electron chi connectivity index (χ2n) is 3.09. The number of halogens is 1. The van der Waals surface area contributed by atoms with Crippen LogP contribution in [-0.4, -0.2) is 16.6 Å². The van der Waals surface area contributed by atoms with Gasteiger partial charge in [0.1, 0.15) is 4.32 Å². The van der Waals surface area contributed by atoms with Gasteiger partial charge in [-0.3, -0.25) is 0 Å². The molecule has 4 heteroatoms. The van der Waals surface area contributed by atoms with Crippen molar-refractivity contribution < 1.29 is 0 Å². The second kappa shape index (κ2) is 6.94. The molecule has 0 N–H and O–H groups in total. The summed E-state index contributed by atoms with van der Waals surface area (Å²) in [5, 5.41) is 0.740. The zero-order valence-electron chi connectivity index (χ0n) is 9.15. The van der Waals surface area contributed by atoms with E-state index in [-0.39, 0.29) is 0 Å². The molecule has 0 saturated heterocycles. The van der Waals surface area contributed by atoms with Gasteiger partial charge in [-0.1, -0.05) is 41.7 Å². The third kappa shape index (κ3) is 3.81. The lowest BCUT2D eigenvalue weighted by Gasteiger charge is -2.22. The fourth-order valence-electron chi connectivity index (χ4n) is 1.25. The van der Waals surface area contributed by atoms with E-state index in [1.165, 1.54) is 0 Å². The molecule has 1 aromatic carbocycles. The number of thioether (sulfide) groups is 1. The maximum atomic E-state index is 5.85. The van der Waals surface area contributed by atoms with Gasteiger partial charge < -0.3 is 4.90 Å². The van der Waals surface area contributed by atoms with Gasteiger partial charge in [0, 0.05) is 23.0 Å². The van der Waals surface area contributed by atoms with Crippen molar-refractivity contribution in [3.63, 3.8) is 0 Å². The molecule has 0 unspecified atom stereocenters. The minimum absolute atomic E-state index is 0.740. The van der Waals surface area contributed by atoms with Gasteiger partial charge in [0.2, 0.25) is 0 Å². The highest BCUT2D eigenvalue weighted by Gasteiger charge is 2.09. The average molecular weight is 272 g/mol. The highest BCUT2D eigenvalue weighted by molar-refractivity contribution is 8.23. The minimum Gasteiger partial charge on any atom is -0.328 e. The molecule has 0 aliphatic heterocycles. The first-order chi connectivity index (χ1) is 7.69. The fraction of sp³-hybridized carbons (Fsp3) is 0.250. The molecule has 16 heavy (non-hydrogen) atoms. The summed E-state index contributed by atoms with van der Waals surface area (Å²) in [6, 6.07) is 7.71. The zero-order valence-corrected chi connectivity index (χ0v) is 11.5. The number of benzene rings is 1. The molecule has 1 nitrogen and oxygen atoms in total. The largest absolute Gasteiger partial charge is 0.328 e. The molecular formula is C12H14ClNS2. The van der Waals surface area contributed by atoms with Gasteiger partial charge in [-0.05, 0) is 31.2 Å². The molecule has 0 saturated carbocycles. The van der Waals surface area contributed by atoms with Gasteiger partial charge >= 0.3 is 0 Å². The maximum absolute atomic E-state index is 5.85. The van der Waals surface area contributed by atoms with Crippen LogP contribution in [0.4, 0.5) is 5.69 Å². The maximum Gasteiger partial charge on any atom is 0.141 e. The van der Waals surface area contributed by atoms with Crippen LogP contribution in [0.3, 0.4) is 0 Å². The zero-order chi connectivity index (χ0) is 12.0. The van der Waals surface area contributed by atoms with E-state index in [2.05, 4.69) is 18.4 Å². The van der Waals surface area contributed by atoms with Gasteiger partial charge in [-0.25, -0.2) is 0 Å². The van der Waals surface area contributed by atoms with Crippen LogP contribution in [0.15, 0.2) is 36.9 Å². The van der Waals surface area contributed by atoms with Crippen molar-refractivity contribution in [3.05, 3.63) is 41.9 Å². The average Bonchev–Trinajstić information content (AvgIpc) is 2.30. The topological polar surface area (TPSA) is 3.24 Å². The molecule has 0 aliphatic carbocycles. The summed E-state index contributed by atoms with van der Waals surface area (Å²) in [5.74, 6) is 0.836. The van der Waals surface area contributed by atoms with E-state index in [4.69, 9.17) is 23.8 Å². The molecule has 0 aromatic heterocycles. The van der Waals surface area contributed by atoms with Crippen LogP contribution in [0, 0.1) is 0 Å². The quantitative estimate of drug-likeness (QED) is 0.591. The SMILES string of the molecule is C=CCSC(=S)N(CC)c1ccc(Cl)cc1. The van der Waals surface area contributed by atoms with Gasteiger partial charge in [-0.15, -0.1) is 6.58 Å². The standard InChI is InChI=1S/C12H14ClNS2/c1-3-9-16-12(15)14(4-2)11-7-5-10(13)6-8-11/h3,5-8H,1,4,9H2,2H3. The van der Waals surface area contributed by atoms with Crippen molar-refractivity contribution in [2.24, 2.45) is 0 Å². The van der Waals surface area contributed by atoms with Gasteiger partial charge in [0.05, 0.1) is 0 Å². The smallest absolute Gasteiger partial charge is 0.141 e. The van der Waals surface area contributed by atoms with Crippen LogP contribution in [0.25, 0.3) is 0 Å². The molecular weight excluding hydrogens is 258 g/mol. The van der Waals surface area contributed by atoms with Crippen LogP contribution in [0.2, 0.25) is 5.02 Å². The van der Waals surface area contributed by atoms with Gasteiger partial charge in [0.25, 0.3) is 0 Å². The van der Waals surface area contributed by atoms with E-state index in [0.29, 0.717) is 0 Å². The van der Waals surface area contributed by atoms with Crippen LogP contribution >= 0.6 is 35.6 Å². The third-order valence-electron chi connectivity index (χ3n) is 2.00. The summed E-state index contributed by atoms with van der Waals surface area (Å²) >= 11 is 12.8. The number of thiocarbonyl (C=S) groups is 1. The molecule has 0 spiro atoms. The summed E-state index contributed by atoms with van der Waals surface area (Å²) in [7, 11) is 0. The molecule has 0 aliphatic rings. The van der Waals surface area contributed by atoms with Crippen molar-refractivity contribution in [2.75, 3.05) is 17.2 Å². The van der Waals surface area contributed by atoms with Gasteiger partial charge in [0.15, 0.2) is 0 Å². The Morgan fingerprint density at radius 2 is 2.12 bits per heavy atom. The van der Waals surface area contributed by atoms with E-state index in [0.717, 1.165) is 27.3 Å². The first-order valence-electron chi connectivity index (χ1n) is 4.99. The molecule has 0 heterocycles. The molecule has 0 radical (unpaired) electrons. The highest BCUT2D eigenvalue weighted by Crippen LogP contribution is 2.21. The Balaban J connectivity index is 2.77. The summed E-state index contributed by atoms with van der Waals surface area (Å²) in [6.07, 6.45) is 1.85. The summed E-state index contributed by atoms with van der Waals surface area (Å²) in [5.41, 5.74) is 1.08. The Kier molecular flexibility index (Phi) is 5.88. The second-order valence-corrected chi connectivity index (χ2v) is 5.18. The molecule has 1 aromatic rings. The Morgan fingerprint density at radius 1 is 1.50 bits per heavy atom. The van der Waals surface area contributed by atoms with E-state index < -0.39 is 0 Å². The first-order valence-corrected chi connectivity index (χ1v) is 6.77. The van der Waals surface area contributed by atoms with Crippen LogP contribution in [-0.2, 0) is 0 Å². The normalized spacial score (nSPS) is 9.88. The molecule has 0 fully saturated rings. The number of nitrogens with zero attached hydrogens (tertiary/aromatic N) is 1. The van der Waals surface area contributed by atoms with E-state index >= 15 is 0 Å². The van der Waals surface area contributed by atoms with E-state index in [9.17, 15) is 0 Å². The fourth-order valence-corrected chi connectivity index (χ4v) is 2.46. The molecule has 1 rings (SSSR count). The molecule has 0 amide bonds. The number of anilines is 1. The summed E-state index contributed by atoms with van der Waals surface area (Å²) in [6.45, 7) is 6.62. The summed E-state index contributed by atoms with van der Waals surface area (Å²) < 4.78 is 0.865. The Hall–Kier alpha value is -0.510. The number of hydrogen-bond donors (Lipinski definition) is 0.